The maximum atomic E-state index is 12.6. The lowest BCUT2D eigenvalue weighted by Gasteiger charge is -2.22. The van der Waals surface area contributed by atoms with Gasteiger partial charge in [0.05, 0.1) is 29.7 Å². The lowest BCUT2D eigenvalue weighted by molar-refractivity contribution is -0.123. The third kappa shape index (κ3) is 3.25. The molecule has 3 aromatic heterocycles. The molecule has 0 aliphatic carbocycles. The molecule has 3 heterocycles. The van der Waals surface area contributed by atoms with Crippen LogP contribution >= 0.6 is 0 Å². The summed E-state index contributed by atoms with van der Waals surface area (Å²) in [5.74, 6) is -0.159. The van der Waals surface area contributed by atoms with Gasteiger partial charge in [0, 0.05) is 18.5 Å². The highest BCUT2D eigenvalue weighted by Crippen LogP contribution is 2.10. The number of amides is 1. The van der Waals surface area contributed by atoms with Gasteiger partial charge in [-0.2, -0.15) is 5.10 Å². The third-order valence-corrected chi connectivity index (χ3v) is 4.54. The highest BCUT2D eigenvalue weighted by atomic mass is 16.3. The van der Waals surface area contributed by atoms with Crippen LogP contribution in [0.5, 0.6) is 0 Å². The summed E-state index contributed by atoms with van der Waals surface area (Å²) in [6, 6.07) is 3.17. The number of aromatic nitrogens is 4. The molecule has 1 amide bonds. The average Bonchev–Trinajstić information content (AvgIpc) is 3.10. The highest BCUT2D eigenvalue weighted by molar-refractivity contribution is 5.80. The summed E-state index contributed by atoms with van der Waals surface area (Å²) in [6.45, 7) is 3.72. The fraction of sp³-hybridized carbons (Fsp3) is 0.412. The van der Waals surface area contributed by atoms with Crippen molar-refractivity contribution in [1.29, 1.82) is 0 Å². The number of carbonyl (C=O) groups is 1. The van der Waals surface area contributed by atoms with Gasteiger partial charge in [-0.1, -0.05) is 20.3 Å². The van der Waals surface area contributed by atoms with Crippen molar-refractivity contribution >= 4 is 22.5 Å². The minimum absolute atomic E-state index is 0.112. The molecule has 0 fully saturated rings. The Kier molecular flexibility index (Phi) is 4.80. The quantitative estimate of drug-likeness (QED) is 0.681. The lowest BCUT2D eigenvalue weighted by atomic mass is 10.00. The number of hydrogen-bond donors (Lipinski definition) is 2. The first kappa shape index (κ1) is 17.1. The first-order valence-electron chi connectivity index (χ1n) is 8.27. The fourth-order valence-corrected chi connectivity index (χ4v) is 2.78. The second-order valence-electron chi connectivity index (χ2n) is 6.15. The minimum atomic E-state index is -0.320. The molecule has 0 aliphatic heterocycles. The van der Waals surface area contributed by atoms with Crippen LogP contribution in [-0.4, -0.2) is 42.8 Å². The second kappa shape index (κ2) is 7.02. The first-order chi connectivity index (χ1) is 12.0. The van der Waals surface area contributed by atoms with Gasteiger partial charge in [-0.3, -0.25) is 9.59 Å². The third-order valence-electron chi connectivity index (χ3n) is 4.54. The van der Waals surface area contributed by atoms with Crippen molar-refractivity contribution in [2.45, 2.75) is 32.9 Å². The zero-order valence-corrected chi connectivity index (χ0v) is 14.2. The summed E-state index contributed by atoms with van der Waals surface area (Å²) in [5, 5.41) is 16.8. The van der Waals surface area contributed by atoms with Crippen molar-refractivity contribution in [1.82, 2.24) is 24.5 Å². The van der Waals surface area contributed by atoms with Gasteiger partial charge < -0.3 is 15.0 Å². The van der Waals surface area contributed by atoms with Crippen LogP contribution in [0, 0.1) is 5.92 Å². The number of fused-ring (bicyclic) bond motifs is 3. The van der Waals surface area contributed by atoms with E-state index < -0.39 is 0 Å². The molecule has 132 valence electrons. The first-order valence-corrected chi connectivity index (χ1v) is 8.27. The molecular weight excluding hydrogens is 322 g/mol. The average molecular weight is 343 g/mol. The topological polar surface area (TPSA) is 102 Å². The summed E-state index contributed by atoms with van der Waals surface area (Å²) in [7, 11) is 0. The Hall–Kier alpha value is -2.74. The van der Waals surface area contributed by atoms with Gasteiger partial charge in [0.2, 0.25) is 5.91 Å². The minimum Gasteiger partial charge on any atom is -0.394 e. The van der Waals surface area contributed by atoms with Crippen LogP contribution in [-0.2, 0) is 11.3 Å². The normalized spacial score (nSPS) is 13.9. The van der Waals surface area contributed by atoms with Gasteiger partial charge in [-0.05, 0) is 12.0 Å². The van der Waals surface area contributed by atoms with E-state index in [1.54, 1.807) is 29.0 Å². The van der Waals surface area contributed by atoms with Crippen LogP contribution in [0.25, 0.3) is 16.6 Å². The van der Waals surface area contributed by atoms with Crippen LogP contribution in [0.2, 0.25) is 0 Å². The number of hydrogen-bond acceptors (Lipinski definition) is 5. The van der Waals surface area contributed by atoms with E-state index in [1.165, 1.54) is 10.8 Å². The molecule has 0 aromatic carbocycles. The van der Waals surface area contributed by atoms with Gasteiger partial charge in [0.15, 0.2) is 5.65 Å². The number of rotatable bonds is 6. The maximum absolute atomic E-state index is 12.6. The molecule has 2 N–H and O–H groups in total. The zero-order valence-electron chi connectivity index (χ0n) is 14.2. The maximum Gasteiger partial charge on any atom is 0.262 e. The van der Waals surface area contributed by atoms with Crippen molar-refractivity contribution in [2.75, 3.05) is 6.61 Å². The van der Waals surface area contributed by atoms with Crippen LogP contribution in [0.15, 0.2) is 35.5 Å². The molecule has 25 heavy (non-hydrogen) atoms. The molecule has 0 saturated heterocycles. The molecule has 2 atom stereocenters. The van der Waals surface area contributed by atoms with Gasteiger partial charge in [-0.15, -0.1) is 0 Å². The number of carbonyl (C=O) groups excluding carboxylic acids is 1. The largest absolute Gasteiger partial charge is 0.394 e. The van der Waals surface area contributed by atoms with Crippen molar-refractivity contribution in [3.63, 3.8) is 0 Å². The number of nitrogens with zero attached hydrogens (tertiary/aromatic N) is 4. The summed E-state index contributed by atoms with van der Waals surface area (Å²) in [4.78, 5) is 29.1. The Balaban J connectivity index is 1.86. The summed E-state index contributed by atoms with van der Waals surface area (Å²) >= 11 is 0. The second-order valence-corrected chi connectivity index (χ2v) is 6.15. The number of pyridine rings is 1. The van der Waals surface area contributed by atoms with Crippen molar-refractivity contribution in [2.24, 2.45) is 5.92 Å². The predicted octanol–water partition coefficient (Wildman–Crippen LogP) is 0.567. The molecule has 0 spiro atoms. The molecule has 3 aromatic rings. The van der Waals surface area contributed by atoms with Crippen LogP contribution in [0.4, 0.5) is 0 Å². The van der Waals surface area contributed by atoms with E-state index >= 15 is 0 Å². The number of nitrogens with one attached hydrogen (secondary N) is 1. The Bertz CT molecular complexity index is 962. The molecule has 0 radical (unpaired) electrons. The van der Waals surface area contributed by atoms with Crippen molar-refractivity contribution in [3.05, 3.63) is 41.1 Å². The van der Waals surface area contributed by atoms with Crippen molar-refractivity contribution < 1.29 is 9.90 Å². The van der Waals surface area contributed by atoms with E-state index in [4.69, 9.17) is 0 Å². The van der Waals surface area contributed by atoms with Crippen LogP contribution < -0.4 is 10.9 Å². The molecule has 8 nitrogen and oxygen atoms in total. The summed E-state index contributed by atoms with van der Waals surface area (Å²) in [6.07, 6.45) is 5.53. The molecule has 0 saturated carbocycles. The predicted molar refractivity (Wildman–Crippen MR) is 93.2 cm³/mol. The van der Waals surface area contributed by atoms with Crippen LogP contribution in [0.1, 0.15) is 20.3 Å². The zero-order chi connectivity index (χ0) is 18.0. The van der Waals surface area contributed by atoms with Gasteiger partial charge in [0.25, 0.3) is 5.56 Å². The molecule has 0 bridgehead atoms. The van der Waals surface area contributed by atoms with E-state index in [2.05, 4.69) is 15.4 Å². The van der Waals surface area contributed by atoms with Crippen molar-refractivity contribution in [3.8, 4) is 0 Å². The Morgan fingerprint density at radius 1 is 1.40 bits per heavy atom. The monoisotopic (exact) mass is 343 g/mol. The van der Waals surface area contributed by atoms with Gasteiger partial charge >= 0.3 is 0 Å². The van der Waals surface area contributed by atoms with E-state index in [9.17, 15) is 14.7 Å². The van der Waals surface area contributed by atoms with E-state index in [0.29, 0.717) is 16.6 Å². The number of aliphatic hydroxyl groups excluding tert-OH is 1. The molecular formula is C17H21N5O3. The molecule has 3 rings (SSSR count). The van der Waals surface area contributed by atoms with Gasteiger partial charge in [-0.25, -0.2) is 9.50 Å². The Morgan fingerprint density at radius 2 is 2.20 bits per heavy atom. The molecule has 2 unspecified atom stereocenters. The Morgan fingerprint density at radius 3 is 2.92 bits per heavy atom. The number of aliphatic hydroxyl groups is 1. The molecule has 0 aliphatic rings. The lowest BCUT2D eigenvalue weighted by Crippen LogP contribution is -2.44. The standard InChI is InChI=1S/C17H21N5O3/c1-3-11(2)13(10-23)20-16(24)9-21-7-5-14-12(17(21)25)8-18-15-4-6-19-22(14)15/h4-8,11,13,23H,3,9-10H2,1-2H3,(H,20,24). The van der Waals surface area contributed by atoms with Gasteiger partial charge in [0.1, 0.15) is 6.54 Å². The van der Waals surface area contributed by atoms with E-state index in [1.807, 2.05) is 13.8 Å². The van der Waals surface area contributed by atoms with E-state index in [-0.39, 0.29) is 36.6 Å². The fourth-order valence-electron chi connectivity index (χ4n) is 2.78. The summed E-state index contributed by atoms with van der Waals surface area (Å²) < 4.78 is 2.92. The SMILES string of the molecule is CCC(C)C(CO)NC(=O)Cn1ccc2c(cnc3ccnn32)c1=O. The molecule has 8 heteroatoms. The highest BCUT2D eigenvalue weighted by Gasteiger charge is 2.18. The van der Waals surface area contributed by atoms with E-state index in [0.717, 1.165) is 6.42 Å². The van der Waals surface area contributed by atoms with Crippen LogP contribution in [0.3, 0.4) is 0 Å². The summed E-state index contributed by atoms with van der Waals surface area (Å²) in [5.41, 5.74) is 0.993. The Labute approximate surface area is 144 Å². The smallest absolute Gasteiger partial charge is 0.262 e.